The zero-order chi connectivity index (χ0) is 12.4. The molecule has 98 valence electrons. The van der Waals surface area contributed by atoms with Crippen LogP contribution >= 0.6 is 0 Å². The summed E-state index contributed by atoms with van der Waals surface area (Å²) in [6.07, 6.45) is 7.22. The summed E-state index contributed by atoms with van der Waals surface area (Å²) in [5.74, 6) is 0. The molecule has 0 bridgehead atoms. The normalized spacial score (nSPS) is 17.1. The highest BCUT2D eigenvalue weighted by Crippen LogP contribution is 2.11. The summed E-state index contributed by atoms with van der Waals surface area (Å²) in [5.41, 5.74) is 0. The molecule has 0 rings (SSSR count). The van der Waals surface area contributed by atoms with Crippen LogP contribution in [0.3, 0.4) is 0 Å². The molecule has 0 saturated carbocycles. The number of unbranched alkanes of at least 4 members (excludes halogenated alkanes) is 3. The molecule has 0 aromatic rings. The Morgan fingerprint density at radius 1 is 1.00 bits per heavy atom. The minimum absolute atomic E-state index is 0.307. The van der Waals surface area contributed by atoms with Gasteiger partial charge < -0.3 is 10.1 Å². The molecular formula is C14H31NO. The predicted octanol–water partition coefficient (Wildman–Crippen LogP) is 3.75. The third kappa shape index (κ3) is 8.12. The summed E-state index contributed by atoms with van der Waals surface area (Å²) in [6.45, 7) is 12.0. The topological polar surface area (TPSA) is 21.3 Å². The number of hydrogen-bond donors (Lipinski definition) is 1. The monoisotopic (exact) mass is 229 g/mol. The predicted molar refractivity (Wildman–Crippen MR) is 71.9 cm³/mol. The quantitative estimate of drug-likeness (QED) is 0.576. The van der Waals surface area contributed by atoms with Crippen molar-refractivity contribution in [1.82, 2.24) is 5.32 Å². The fourth-order valence-electron chi connectivity index (χ4n) is 1.90. The first-order valence-corrected chi connectivity index (χ1v) is 7.00. The van der Waals surface area contributed by atoms with Crippen LogP contribution in [0.5, 0.6) is 0 Å². The van der Waals surface area contributed by atoms with Gasteiger partial charge in [-0.15, -0.1) is 0 Å². The second-order valence-corrected chi connectivity index (χ2v) is 4.85. The summed E-state index contributed by atoms with van der Waals surface area (Å²) < 4.78 is 5.98. The van der Waals surface area contributed by atoms with E-state index >= 15 is 0 Å². The lowest BCUT2D eigenvalue weighted by atomic mass is 10.1. The Kier molecular flexibility index (Phi) is 10.0. The van der Waals surface area contributed by atoms with Crippen molar-refractivity contribution in [2.24, 2.45) is 0 Å². The molecule has 2 heteroatoms. The van der Waals surface area contributed by atoms with Gasteiger partial charge in [-0.3, -0.25) is 0 Å². The minimum Gasteiger partial charge on any atom is -0.374 e. The van der Waals surface area contributed by atoms with Gasteiger partial charge in [0.05, 0.1) is 12.2 Å². The highest BCUT2D eigenvalue weighted by atomic mass is 16.5. The number of nitrogens with one attached hydrogen (secondary N) is 1. The molecule has 0 radical (unpaired) electrons. The molecule has 2 nitrogen and oxygen atoms in total. The first-order valence-electron chi connectivity index (χ1n) is 7.00. The van der Waals surface area contributed by atoms with Gasteiger partial charge in [-0.25, -0.2) is 0 Å². The lowest BCUT2D eigenvalue weighted by Crippen LogP contribution is -2.38. The van der Waals surface area contributed by atoms with Crippen LogP contribution in [0.4, 0.5) is 0 Å². The van der Waals surface area contributed by atoms with Gasteiger partial charge in [0.2, 0.25) is 0 Å². The first-order chi connectivity index (χ1) is 7.61. The van der Waals surface area contributed by atoms with Crippen LogP contribution in [-0.2, 0) is 4.74 Å². The summed E-state index contributed by atoms with van der Waals surface area (Å²) >= 11 is 0. The molecule has 1 N–H and O–H groups in total. The number of likely N-dealkylation sites (N-methyl/N-ethyl adjacent to an activating group) is 1. The van der Waals surface area contributed by atoms with Crippen molar-refractivity contribution in [3.63, 3.8) is 0 Å². The Labute approximate surface area is 102 Å². The summed E-state index contributed by atoms with van der Waals surface area (Å²) in [5, 5.41) is 3.40. The van der Waals surface area contributed by atoms with Gasteiger partial charge >= 0.3 is 0 Å². The van der Waals surface area contributed by atoms with Crippen molar-refractivity contribution >= 4 is 0 Å². The van der Waals surface area contributed by atoms with Crippen molar-refractivity contribution in [2.45, 2.75) is 85.0 Å². The molecule has 3 unspecified atom stereocenters. The fourth-order valence-corrected chi connectivity index (χ4v) is 1.90. The summed E-state index contributed by atoms with van der Waals surface area (Å²) in [4.78, 5) is 0. The Bertz CT molecular complexity index is 150. The van der Waals surface area contributed by atoms with Crippen LogP contribution in [0.1, 0.15) is 66.7 Å². The van der Waals surface area contributed by atoms with E-state index in [-0.39, 0.29) is 0 Å². The van der Waals surface area contributed by atoms with E-state index in [0.717, 1.165) is 6.54 Å². The van der Waals surface area contributed by atoms with Gasteiger partial charge in [0.1, 0.15) is 0 Å². The zero-order valence-corrected chi connectivity index (χ0v) is 11.9. The number of hydrogen-bond acceptors (Lipinski definition) is 2. The van der Waals surface area contributed by atoms with Crippen LogP contribution < -0.4 is 5.32 Å². The maximum Gasteiger partial charge on any atom is 0.0700 e. The third-order valence-corrected chi connectivity index (χ3v) is 3.14. The number of ether oxygens (including phenoxy) is 1. The van der Waals surface area contributed by atoms with E-state index in [1.807, 2.05) is 0 Å². The van der Waals surface area contributed by atoms with E-state index in [1.54, 1.807) is 0 Å². The van der Waals surface area contributed by atoms with E-state index in [9.17, 15) is 0 Å². The van der Waals surface area contributed by atoms with Crippen LogP contribution in [0.25, 0.3) is 0 Å². The van der Waals surface area contributed by atoms with E-state index in [1.165, 1.54) is 32.1 Å². The molecule has 3 atom stereocenters. The molecule has 0 aliphatic carbocycles. The van der Waals surface area contributed by atoms with Gasteiger partial charge in [0.15, 0.2) is 0 Å². The maximum absolute atomic E-state index is 5.98. The zero-order valence-electron chi connectivity index (χ0n) is 11.9. The Hall–Kier alpha value is -0.0800. The SMILES string of the molecule is CCCCCCC(C)OC(C)C(C)NCC. The molecular weight excluding hydrogens is 198 g/mol. The molecule has 0 saturated heterocycles. The molecule has 0 amide bonds. The van der Waals surface area contributed by atoms with Crippen molar-refractivity contribution in [2.75, 3.05) is 6.54 Å². The van der Waals surface area contributed by atoms with Crippen LogP contribution in [0, 0.1) is 0 Å². The molecule has 0 aliphatic heterocycles. The van der Waals surface area contributed by atoms with E-state index in [2.05, 4.69) is 39.9 Å². The van der Waals surface area contributed by atoms with Gasteiger partial charge in [-0.05, 0) is 33.7 Å². The molecule has 0 aliphatic rings. The molecule has 0 heterocycles. The standard InChI is InChI=1S/C14H31NO/c1-6-8-9-10-11-12(3)16-14(5)13(4)15-7-2/h12-15H,6-11H2,1-5H3. The smallest absolute Gasteiger partial charge is 0.0700 e. The van der Waals surface area contributed by atoms with Gasteiger partial charge in [0, 0.05) is 6.04 Å². The highest BCUT2D eigenvalue weighted by molar-refractivity contribution is 4.68. The summed E-state index contributed by atoms with van der Waals surface area (Å²) in [6, 6.07) is 0.447. The lowest BCUT2D eigenvalue weighted by Gasteiger charge is -2.25. The van der Waals surface area contributed by atoms with Gasteiger partial charge in [-0.1, -0.05) is 39.5 Å². The lowest BCUT2D eigenvalue weighted by molar-refractivity contribution is -0.0132. The number of rotatable bonds is 10. The second kappa shape index (κ2) is 10.1. The average molecular weight is 229 g/mol. The largest absolute Gasteiger partial charge is 0.374 e. The minimum atomic E-state index is 0.307. The first kappa shape index (κ1) is 15.9. The molecule has 0 aromatic carbocycles. The van der Waals surface area contributed by atoms with Crippen LogP contribution in [0.2, 0.25) is 0 Å². The second-order valence-electron chi connectivity index (χ2n) is 4.85. The molecule has 0 spiro atoms. The van der Waals surface area contributed by atoms with E-state index in [4.69, 9.17) is 4.74 Å². The van der Waals surface area contributed by atoms with Crippen molar-refractivity contribution < 1.29 is 4.74 Å². The van der Waals surface area contributed by atoms with E-state index in [0.29, 0.717) is 18.2 Å². The van der Waals surface area contributed by atoms with Crippen LogP contribution in [-0.4, -0.2) is 24.8 Å². The molecule has 16 heavy (non-hydrogen) atoms. The van der Waals surface area contributed by atoms with Crippen molar-refractivity contribution in [3.05, 3.63) is 0 Å². The average Bonchev–Trinajstić information content (AvgIpc) is 2.24. The Balaban J connectivity index is 3.56. The molecule has 0 fully saturated rings. The van der Waals surface area contributed by atoms with Crippen LogP contribution in [0.15, 0.2) is 0 Å². The van der Waals surface area contributed by atoms with E-state index < -0.39 is 0 Å². The molecule has 0 aromatic heterocycles. The van der Waals surface area contributed by atoms with Gasteiger partial charge in [-0.2, -0.15) is 0 Å². The third-order valence-electron chi connectivity index (χ3n) is 3.14. The Morgan fingerprint density at radius 3 is 2.25 bits per heavy atom. The van der Waals surface area contributed by atoms with Crippen molar-refractivity contribution in [1.29, 1.82) is 0 Å². The van der Waals surface area contributed by atoms with Crippen molar-refractivity contribution in [3.8, 4) is 0 Å². The highest BCUT2D eigenvalue weighted by Gasteiger charge is 2.14. The Morgan fingerprint density at radius 2 is 1.69 bits per heavy atom. The maximum atomic E-state index is 5.98. The fraction of sp³-hybridized carbons (Fsp3) is 1.00. The summed E-state index contributed by atoms with van der Waals surface area (Å²) in [7, 11) is 0. The van der Waals surface area contributed by atoms with Gasteiger partial charge in [0.25, 0.3) is 0 Å².